The summed E-state index contributed by atoms with van der Waals surface area (Å²) in [5.41, 5.74) is 3.09. The normalized spacial score (nSPS) is 17.9. The second kappa shape index (κ2) is 17.5. The topological polar surface area (TPSA) is 32.3 Å². The Morgan fingerprint density at radius 1 is 0.815 bits per heavy atom. The highest BCUT2D eigenvalue weighted by atomic mass is 16.2. The van der Waals surface area contributed by atoms with Crippen LogP contribution in [0.25, 0.3) is 0 Å². The van der Waals surface area contributed by atoms with Gasteiger partial charge in [-0.2, -0.15) is 0 Å². The molecule has 1 heterocycles. The van der Waals surface area contributed by atoms with Crippen LogP contribution in [0.4, 0.5) is 0 Å². The number of hydrazine groups is 1. The Morgan fingerprint density at radius 3 is 1.78 bits per heavy atom. The molecule has 0 aromatic carbocycles. The lowest BCUT2D eigenvalue weighted by atomic mass is 10.0. The highest BCUT2D eigenvalue weighted by Crippen LogP contribution is 2.15. The third kappa shape index (κ3) is 15.1. The number of rotatable bonds is 17. The molecule has 1 fully saturated rings. The fraction of sp³-hybridized carbons (Fsp3) is 0.958. The van der Waals surface area contributed by atoms with Crippen LogP contribution in [0.15, 0.2) is 0 Å². The zero-order valence-corrected chi connectivity index (χ0v) is 18.6. The number of hydrogen-bond donors (Lipinski definition) is 1. The Labute approximate surface area is 170 Å². The van der Waals surface area contributed by atoms with Gasteiger partial charge in [-0.3, -0.25) is 10.2 Å². The lowest BCUT2D eigenvalue weighted by Crippen LogP contribution is -2.47. The van der Waals surface area contributed by atoms with E-state index in [9.17, 15) is 4.79 Å². The van der Waals surface area contributed by atoms with E-state index < -0.39 is 0 Å². The summed E-state index contributed by atoms with van der Waals surface area (Å²) in [5.74, 6) is 0.934. The molecular weight excluding hydrogens is 332 g/mol. The first kappa shape index (κ1) is 24.5. The third-order valence-corrected chi connectivity index (χ3v) is 5.95. The molecular formula is C24H48N2O. The predicted molar refractivity (Wildman–Crippen MR) is 118 cm³/mol. The molecule has 1 unspecified atom stereocenters. The zero-order chi connectivity index (χ0) is 19.6. The molecule has 1 amide bonds. The van der Waals surface area contributed by atoms with Gasteiger partial charge in [-0.25, -0.2) is 5.01 Å². The summed E-state index contributed by atoms with van der Waals surface area (Å²) in [6.45, 7) is 6.60. The van der Waals surface area contributed by atoms with E-state index in [1.165, 1.54) is 103 Å². The lowest BCUT2D eigenvalue weighted by molar-refractivity contribution is -0.126. The van der Waals surface area contributed by atoms with Gasteiger partial charge in [0.2, 0.25) is 5.91 Å². The number of piperidine rings is 1. The largest absolute Gasteiger partial charge is 0.289 e. The van der Waals surface area contributed by atoms with Crippen molar-refractivity contribution < 1.29 is 4.79 Å². The Morgan fingerprint density at radius 2 is 1.30 bits per heavy atom. The van der Waals surface area contributed by atoms with Crippen molar-refractivity contribution in [1.82, 2.24) is 10.4 Å². The minimum absolute atomic E-state index is 0.221. The van der Waals surface area contributed by atoms with Crippen molar-refractivity contribution in [3.63, 3.8) is 0 Å². The lowest BCUT2D eigenvalue weighted by Gasteiger charge is -2.30. The smallest absolute Gasteiger partial charge is 0.234 e. The van der Waals surface area contributed by atoms with Crippen molar-refractivity contribution in [3.8, 4) is 0 Å². The van der Waals surface area contributed by atoms with E-state index in [1.54, 1.807) is 0 Å². The molecule has 0 radical (unpaired) electrons. The van der Waals surface area contributed by atoms with Crippen LogP contribution in [0.5, 0.6) is 0 Å². The summed E-state index contributed by atoms with van der Waals surface area (Å²) >= 11 is 0. The molecule has 3 nitrogen and oxygen atoms in total. The summed E-state index contributed by atoms with van der Waals surface area (Å²) in [7, 11) is 0. The van der Waals surface area contributed by atoms with Gasteiger partial charge in [0, 0.05) is 19.5 Å². The van der Waals surface area contributed by atoms with E-state index in [4.69, 9.17) is 0 Å². The molecule has 27 heavy (non-hydrogen) atoms. The van der Waals surface area contributed by atoms with Gasteiger partial charge in [-0.1, -0.05) is 104 Å². The second-order valence-corrected chi connectivity index (χ2v) is 8.93. The van der Waals surface area contributed by atoms with Gasteiger partial charge in [-0.15, -0.1) is 0 Å². The Balaban J connectivity index is 1.77. The minimum Gasteiger partial charge on any atom is -0.289 e. The highest BCUT2D eigenvalue weighted by Gasteiger charge is 2.17. The van der Waals surface area contributed by atoms with E-state index in [0.29, 0.717) is 12.3 Å². The van der Waals surface area contributed by atoms with E-state index in [2.05, 4.69) is 24.3 Å². The van der Waals surface area contributed by atoms with Crippen LogP contribution in [-0.4, -0.2) is 24.0 Å². The molecule has 0 spiro atoms. The van der Waals surface area contributed by atoms with Crippen LogP contribution in [0, 0.1) is 5.92 Å². The van der Waals surface area contributed by atoms with Crippen molar-refractivity contribution >= 4 is 5.91 Å². The quantitative estimate of drug-likeness (QED) is 0.275. The third-order valence-electron chi connectivity index (χ3n) is 5.95. The Bertz CT molecular complexity index is 345. The number of hydrogen-bond acceptors (Lipinski definition) is 2. The molecule has 0 saturated carbocycles. The average molecular weight is 381 g/mol. The first-order valence-corrected chi connectivity index (χ1v) is 12.3. The number of nitrogens with one attached hydrogen (secondary N) is 1. The van der Waals surface area contributed by atoms with Crippen LogP contribution in [0.2, 0.25) is 0 Å². The molecule has 1 aliphatic rings. The summed E-state index contributed by atoms with van der Waals surface area (Å²) in [5, 5.41) is 2.13. The maximum atomic E-state index is 12.0. The molecule has 0 aliphatic carbocycles. The van der Waals surface area contributed by atoms with E-state index in [-0.39, 0.29) is 5.91 Å². The molecule has 160 valence electrons. The van der Waals surface area contributed by atoms with Crippen molar-refractivity contribution in [3.05, 3.63) is 0 Å². The van der Waals surface area contributed by atoms with Crippen molar-refractivity contribution in [2.75, 3.05) is 13.1 Å². The number of unbranched alkanes of at least 4 members (excludes halogenated alkanes) is 14. The first-order valence-electron chi connectivity index (χ1n) is 12.3. The van der Waals surface area contributed by atoms with Gasteiger partial charge in [0.1, 0.15) is 0 Å². The SMILES string of the molecule is CCCCCCCCCCCCCCCCCC(=O)NN1CCCC(C)C1. The molecule has 1 aliphatic heterocycles. The Kier molecular flexibility index (Phi) is 15.9. The number of amides is 1. The van der Waals surface area contributed by atoms with Gasteiger partial charge in [0.25, 0.3) is 0 Å². The molecule has 1 saturated heterocycles. The van der Waals surface area contributed by atoms with Gasteiger partial charge in [0.05, 0.1) is 0 Å². The van der Waals surface area contributed by atoms with Gasteiger partial charge < -0.3 is 0 Å². The fourth-order valence-corrected chi connectivity index (χ4v) is 4.18. The first-order chi connectivity index (χ1) is 13.2. The molecule has 3 heteroatoms. The second-order valence-electron chi connectivity index (χ2n) is 8.93. The number of carbonyl (C=O) groups excluding carboxylic acids is 1. The van der Waals surface area contributed by atoms with Crippen LogP contribution < -0.4 is 5.43 Å². The summed E-state index contributed by atoms with van der Waals surface area (Å²) in [6.07, 6.45) is 23.7. The van der Waals surface area contributed by atoms with Crippen LogP contribution >= 0.6 is 0 Å². The maximum absolute atomic E-state index is 12.0. The molecule has 1 N–H and O–H groups in total. The van der Waals surface area contributed by atoms with Crippen LogP contribution in [0.3, 0.4) is 0 Å². The van der Waals surface area contributed by atoms with Crippen molar-refractivity contribution in [1.29, 1.82) is 0 Å². The van der Waals surface area contributed by atoms with E-state index in [0.717, 1.165) is 19.5 Å². The van der Waals surface area contributed by atoms with E-state index in [1.807, 2.05) is 0 Å². The van der Waals surface area contributed by atoms with Crippen LogP contribution in [-0.2, 0) is 4.79 Å². The summed E-state index contributed by atoms with van der Waals surface area (Å²) in [4.78, 5) is 12.0. The van der Waals surface area contributed by atoms with Crippen molar-refractivity contribution in [2.45, 2.75) is 129 Å². The number of carbonyl (C=O) groups is 1. The fourth-order valence-electron chi connectivity index (χ4n) is 4.18. The monoisotopic (exact) mass is 380 g/mol. The molecule has 0 aromatic heterocycles. The Hall–Kier alpha value is -0.570. The summed E-state index contributed by atoms with van der Waals surface area (Å²) < 4.78 is 0. The molecule has 0 aromatic rings. The molecule has 1 atom stereocenters. The van der Waals surface area contributed by atoms with Gasteiger partial charge in [0.15, 0.2) is 0 Å². The maximum Gasteiger partial charge on any atom is 0.234 e. The van der Waals surface area contributed by atoms with Gasteiger partial charge >= 0.3 is 0 Å². The average Bonchev–Trinajstić information content (AvgIpc) is 2.65. The summed E-state index contributed by atoms with van der Waals surface area (Å²) in [6, 6.07) is 0. The van der Waals surface area contributed by atoms with Crippen molar-refractivity contribution in [2.24, 2.45) is 5.92 Å². The van der Waals surface area contributed by atoms with Gasteiger partial charge in [-0.05, 0) is 25.2 Å². The molecule has 1 rings (SSSR count). The van der Waals surface area contributed by atoms with E-state index >= 15 is 0 Å². The zero-order valence-electron chi connectivity index (χ0n) is 18.6. The minimum atomic E-state index is 0.221. The number of nitrogens with zero attached hydrogens (tertiary/aromatic N) is 1. The standard InChI is InChI=1S/C24H48N2O/c1-3-4-5-6-7-8-9-10-11-12-13-14-15-16-17-20-24(27)25-26-21-18-19-23(2)22-26/h23H,3-22H2,1-2H3,(H,25,27). The predicted octanol–water partition coefficient (Wildman–Crippen LogP) is 7.01. The highest BCUT2D eigenvalue weighted by molar-refractivity contribution is 5.75. The molecule has 0 bridgehead atoms. The van der Waals surface area contributed by atoms with Crippen LogP contribution in [0.1, 0.15) is 129 Å².